The Morgan fingerprint density at radius 3 is 2.78 bits per heavy atom. The Hall–Kier alpha value is -0.940. The normalized spacial score (nSPS) is 20.1. The van der Waals surface area contributed by atoms with Crippen molar-refractivity contribution in [2.45, 2.75) is 45.6 Å². The van der Waals surface area contributed by atoms with E-state index in [1.54, 1.807) is 0 Å². The average Bonchev–Trinajstić information content (AvgIpc) is 2.82. The molecule has 0 bridgehead atoms. The number of hydrogen-bond donors (Lipinski definition) is 1. The minimum Gasteiger partial charge on any atom is -0.456 e. The van der Waals surface area contributed by atoms with Gasteiger partial charge in [-0.3, -0.25) is 0 Å². The maximum atomic E-state index is 12.0. The third-order valence-electron chi connectivity index (χ3n) is 2.81. The maximum absolute atomic E-state index is 12.0. The minimum absolute atomic E-state index is 0.255. The van der Waals surface area contributed by atoms with Gasteiger partial charge in [-0.05, 0) is 40.7 Å². The number of carbonyl (C=O) groups is 1. The molecule has 0 radical (unpaired) electrons. The first kappa shape index (κ1) is 13.5. The average molecular weight is 268 g/mol. The van der Waals surface area contributed by atoms with Crippen LogP contribution >= 0.6 is 11.3 Å². The number of rotatable bonds is 2. The van der Waals surface area contributed by atoms with E-state index in [0.717, 1.165) is 30.2 Å². The lowest BCUT2D eigenvalue weighted by atomic mass is 10.1. The van der Waals surface area contributed by atoms with Crippen molar-refractivity contribution in [2.75, 3.05) is 13.1 Å². The third-order valence-corrected chi connectivity index (χ3v) is 4.11. The van der Waals surface area contributed by atoms with Crippen LogP contribution in [0.1, 0.15) is 53.5 Å². The molecule has 1 fully saturated rings. The first-order chi connectivity index (χ1) is 8.37. The molecule has 4 nitrogen and oxygen atoms in total. The summed E-state index contributed by atoms with van der Waals surface area (Å²) in [6, 6.07) is 0. The van der Waals surface area contributed by atoms with Gasteiger partial charge < -0.3 is 10.1 Å². The van der Waals surface area contributed by atoms with Crippen LogP contribution in [0.5, 0.6) is 0 Å². The molecule has 0 saturated carbocycles. The Bertz CT molecular complexity index is 442. The molecule has 18 heavy (non-hydrogen) atoms. The van der Waals surface area contributed by atoms with Crippen molar-refractivity contribution < 1.29 is 9.53 Å². The molecule has 1 aliphatic heterocycles. The molecule has 1 saturated heterocycles. The van der Waals surface area contributed by atoms with E-state index in [1.807, 2.05) is 27.7 Å². The van der Waals surface area contributed by atoms with Crippen LogP contribution in [0, 0.1) is 6.92 Å². The summed E-state index contributed by atoms with van der Waals surface area (Å²) in [5.41, 5.74) is 0.332. The molecule has 0 amide bonds. The Labute approximate surface area is 112 Å². The van der Waals surface area contributed by atoms with Crippen LogP contribution in [-0.4, -0.2) is 29.6 Å². The number of nitrogens with one attached hydrogen (secondary N) is 1. The molecule has 2 heterocycles. The Morgan fingerprint density at radius 2 is 2.22 bits per heavy atom. The molecule has 100 valence electrons. The van der Waals surface area contributed by atoms with E-state index >= 15 is 0 Å². The highest BCUT2D eigenvalue weighted by Gasteiger charge is 2.26. The van der Waals surface area contributed by atoms with Gasteiger partial charge in [0.2, 0.25) is 0 Å². The highest BCUT2D eigenvalue weighted by Crippen LogP contribution is 2.29. The van der Waals surface area contributed by atoms with Gasteiger partial charge in [-0.1, -0.05) is 0 Å². The van der Waals surface area contributed by atoms with Gasteiger partial charge in [0, 0.05) is 12.5 Å². The monoisotopic (exact) mass is 268 g/mol. The largest absolute Gasteiger partial charge is 0.456 e. The first-order valence-corrected chi connectivity index (χ1v) is 7.10. The topological polar surface area (TPSA) is 51.2 Å². The molecule has 0 aromatic carbocycles. The lowest BCUT2D eigenvalue weighted by Gasteiger charge is -2.18. The highest BCUT2D eigenvalue weighted by atomic mass is 32.1. The highest BCUT2D eigenvalue weighted by molar-refractivity contribution is 7.13. The van der Waals surface area contributed by atoms with Crippen molar-refractivity contribution in [3.8, 4) is 0 Å². The smallest absolute Gasteiger partial charge is 0.350 e. The first-order valence-electron chi connectivity index (χ1n) is 6.28. The summed E-state index contributed by atoms with van der Waals surface area (Å²) >= 11 is 1.48. The molecule has 1 aliphatic rings. The van der Waals surface area contributed by atoms with Gasteiger partial charge in [0.1, 0.15) is 10.5 Å². The predicted octanol–water partition coefficient (Wildman–Crippen LogP) is 2.48. The summed E-state index contributed by atoms with van der Waals surface area (Å²) in [5, 5.41) is 4.37. The van der Waals surface area contributed by atoms with E-state index in [0.29, 0.717) is 10.8 Å². The molecular weight excluding hydrogens is 248 g/mol. The Kier molecular flexibility index (Phi) is 3.73. The number of aryl methyl sites for hydroxylation is 1. The zero-order valence-electron chi connectivity index (χ0n) is 11.4. The number of hydrogen-bond acceptors (Lipinski definition) is 5. The lowest BCUT2D eigenvalue weighted by Crippen LogP contribution is -2.23. The SMILES string of the molecule is Cc1nc(C2CCNC2)sc1C(=O)OC(C)(C)C. The van der Waals surface area contributed by atoms with Crippen molar-refractivity contribution in [3.05, 3.63) is 15.6 Å². The van der Waals surface area contributed by atoms with Crippen LogP contribution in [-0.2, 0) is 4.74 Å². The van der Waals surface area contributed by atoms with Crippen molar-refractivity contribution in [1.82, 2.24) is 10.3 Å². The number of nitrogens with zero attached hydrogens (tertiary/aromatic N) is 1. The second-order valence-electron chi connectivity index (χ2n) is 5.66. The molecule has 0 spiro atoms. The van der Waals surface area contributed by atoms with Gasteiger partial charge in [0.05, 0.1) is 10.7 Å². The van der Waals surface area contributed by atoms with Crippen LogP contribution in [0.3, 0.4) is 0 Å². The lowest BCUT2D eigenvalue weighted by molar-refractivity contribution is 0.00742. The van der Waals surface area contributed by atoms with Crippen LogP contribution < -0.4 is 5.32 Å². The summed E-state index contributed by atoms with van der Waals surface area (Å²) in [7, 11) is 0. The van der Waals surface area contributed by atoms with Crippen LogP contribution in [0.4, 0.5) is 0 Å². The van der Waals surface area contributed by atoms with Gasteiger partial charge in [0.15, 0.2) is 0 Å². The summed E-state index contributed by atoms with van der Waals surface area (Å²) in [6.07, 6.45) is 1.10. The van der Waals surface area contributed by atoms with Crippen molar-refractivity contribution in [2.24, 2.45) is 0 Å². The molecular formula is C13H20N2O2S. The molecule has 1 aromatic heterocycles. The zero-order valence-corrected chi connectivity index (χ0v) is 12.2. The third kappa shape index (κ3) is 3.09. The Morgan fingerprint density at radius 1 is 1.50 bits per heavy atom. The summed E-state index contributed by atoms with van der Waals surface area (Å²) in [6.45, 7) is 9.50. The fourth-order valence-corrected chi connectivity index (χ4v) is 3.05. The van der Waals surface area contributed by atoms with E-state index < -0.39 is 5.60 Å². The van der Waals surface area contributed by atoms with Crippen molar-refractivity contribution in [1.29, 1.82) is 0 Å². The van der Waals surface area contributed by atoms with E-state index in [9.17, 15) is 4.79 Å². The van der Waals surface area contributed by atoms with Crippen LogP contribution in [0.15, 0.2) is 0 Å². The zero-order chi connectivity index (χ0) is 13.3. The van der Waals surface area contributed by atoms with Gasteiger partial charge in [-0.15, -0.1) is 11.3 Å². The fourth-order valence-electron chi connectivity index (χ4n) is 1.97. The van der Waals surface area contributed by atoms with Gasteiger partial charge in [-0.2, -0.15) is 0 Å². The number of ether oxygens (including phenoxy) is 1. The van der Waals surface area contributed by atoms with E-state index in [4.69, 9.17) is 4.74 Å². The minimum atomic E-state index is -0.456. The Balaban J connectivity index is 2.16. The van der Waals surface area contributed by atoms with E-state index in [1.165, 1.54) is 11.3 Å². The number of carbonyl (C=O) groups excluding carboxylic acids is 1. The number of thiazole rings is 1. The molecule has 1 atom stereocenters. The second-order valence-corrected chi connectivity index (χ2v) is 6.69. The van der Waals surface area contributed by atoms with E-state index in [-0.39, 0.29) is 5.97 Å². The van der Waals surface area contributed by atoms with Crippen molar-refractivity contribution in [3.63, 3.8) is 0 Å². The summed E-state index contributed by atoms with van der Waals surface area (Å²) < 4.78 is 5.40. The van der Waals surface area contributed by atoms with Gasteiger partial charge in [-0.25, -0.2) is 9.78 Å². The fraction of sp³-hybridized carbons (Fsp3) is 0.692. The molecule has 0 aliphatic carbocycles. The van der Waals surface area contributed by atoms with Crippen LogP contribution in [0.2, 0.25) is 0 Å². The van der Waals surface area contributed by atoms with Crippen molar-refractivity contribution >= 4 is 17.3 Å². The molecule has 1 N–H and O–H groups in total. The molecule has 1 aromatic rings. The second kappa shape index (κ2) is 4.97. The number of esters is 1. The van der Waals surface area contributed by atoms with E-state index in [2.05, 4.69) is 10.3 Å². The summed E-state index contributed by atoms with van der Waals surface area (Å²) in [4.78, 5) is 17.2. The maximum Gasteiger partial charge on any atom is 0.350 e. The summed E-state index contributed by atoms with van der Waals surface area (Å²) in [5.74, 6) is 0.194. The number of aromatic nitrogens is 1. The van der Waals surface area contributed by atoms with Crippen LogP contribution in [0.25, 0.3) is 0 Å². The van der Waals surface area contributed by atoms with Gasteiger partial charge in [0.25, 0.3) is 0 Å². The molecule has 5 heteroatoms. The predicted molar refractivity (Wildman–Crippen MR) is 72.2 cm³/mol. The standard InChI is InChI=1S/C13H20N2O2S/c1-8-10(12(16)17-13(2,3)4)18-11(15-8)9-5-6-14-7-9/h9,14H,5-7H2,1-4H3. The molecule has 2 rings (SSSR count). The quantitative estimate of drug-likeness (QED) is 0.837. The van der Waals surface area contributed by atoms with Gasteiger partial charge >= 0.3 is 5.97 Å². The molecule has 1 unspecified atom stereocenters.